The molecule has 2 heterocycles. The van der Waals surface area contributed by atoms with Crippen molar-refractivity contribution in [2.45, 2.75) is 19.8 Å². The first-order valence-corrected chi connectivity index (χ1v) is 6.46. The van der Waals surface area contributed by atoms with Gasteiger partial charge in [-0.05, 0) is 19.8 Å². The number of nitrogens with two attached hydrogens (primary N) is 1. The largest absolute Gasteiger partial charge is 0.368 e. The summed E-state index contributed by atoms with van der Waals surface area (Å²) in [5.74, 6) is 1.06. The first kappa shape index (κ1) is 13.3. The predicted octanol–water partition coefficient (Wildman–Crippen LogP) is -0.199. The van der Waals surface area contributed by atoms with Crippen molar-refractivity contribution in [3.05, 3.63) is 0 Å². The van der Waals surface area contributed by atoms with Crippen molar-refractivity contribution < 1.29 is 4.79 Å². The SMILES string of the molecule is CCNc1nc(NCC(N)=O)nc(N2CCCC2)n1. The number of nitrogens with one attached hydrogen (secondary N) is 2. The molecule has 1 aliphatic heterocycles. The van der Waals surface area contributed by atoms with E-state index in [-0.39, 0.29) is 6.54 Å². The van der Waals surface area contributed by atoms with Crippen LogP contribution in [0.15, 0.2) is 0 Å². The Bertz CT molecular complexity index is 445. The van der Waals surface area contributed by atoms with Gasteiger partial charge in [-0.2, -0.15) is 15.0 Å². The molecule has 0 spiro atoms. The summed E-state index contributed by atoms with van der Waals surface area (Å²) in [6.45, 7) is 4.60. The highest BCUT2D eigenvalue weighted by Gasteiger charge is 2.17. The van der Waals surface area contributed by atoms with Gasteiger partial charge >= 0.3 is 0 Å². The van der Waals surface area contributed by atoms with Crippen LogP contribution in [0, 0.1) is 0 Å². The molecule has 1 aromatic rings. The molecular weight excluding hydrogens is 246 g/mol. The third-order valence-corrected chi connectivity index (χ3v) is 2.77. The third kappa shape index (κ3) is 3.67. The molecule has 8 nitrogen and oxygen atoms in total. The summed E-state index contributed by atoms with van der Waals surface area (Å²) < 4.78 is 0. The lowest BCUT2D eigenvalue weighted by Crippen LogP contribution is -2.25. The molecule has 104 valence electrons. The summed E-state index contributed by atoms with van der Waals surface area (Å²) in [5, 5.41) is 5.86. The Morgan fingerprint density at radius 2 is 1.84 bits per heavy atom. The maximum absolute atomic E-state index is 10.8. The van der Waals surface area contributed by atoms with E-state index in [2.05, 4.69) is 30.5 Å². The number of hydrogen-bond donors (Lipinski definition) is 3. The molecule has 0 bridgehead atoms. The van der Waals surface area contributed by atoms with Crippen molar-refractivity contribution >= 4 is 23.8 Å². The van der Waals surface area contributed by atoms with Crippen molar-refractivity contribution in [1.82, 2.24) is 15.0 Å². The van der Waals surface area contributed by atoms with Crippen LogP contribution in [0.25, 0.3) is 0 Å². The summed E-state index contributed by atoms with van der Waals surface area (Å²) in [6, 6.07) is 0. The molecular formula is C11H19N7O. The molecule has 1 aliphatic rings. The zero-order valence-corrected chi connectivity index (χ0v) is 11.0. The van der Waals surface area contributed by atoms with Crippen molar-refractivity contribution in [3.63, 3.8) is 0 Å². The van der Waals surface area contributed by atoms with Gasteiger partial charge in [0.2, 0.25) is 23.8 Å². The van der Waals surface area contributed by atoms with Gasteiger partial charge in [0.05, 0.1) is 6.54 Å². The number of nitrogens with zero attached hydrogens (tertiary/aromatic N) is 4. The summed E-state index contributed by atoms with van der Waals surface area (Å²) in [4.78, 5) is 25.8. The average molecular weight is 265 g/mol. The van der Waals surface area contributed by atoms with E-state index in [0.717, 1.165) is 32.5 Å². The standard InChI is InChI=1S/C11H19N7O/c1-2-13-9-15-10(14-7-8(12)19)17-11(16-9)18-5-3-4-6-18/h2-7H2,1H3,(H2,12,19)(H2,13,14,15,16,17). The predicted molar refractivity (Wildman–Crippen MR) is 73.1 cm³/mol. The molecule has 0 aliphatic carbocycles. The van der Waals surface area contributed by atoms with Crippen LogP contribution in [0.1, 0.15) is 19.8 Å². The summed E-state index contributed by atoms with van der Waals surface area (Å²) in [7, 11) is 0. The highest BCUT2D eigenvalue weighted by atomic mass is 16.1. The third-order valence-electron chi connectivity index (χ3n) is 2.77. The minimum Gasteiger partial charge on any atom is -0.368 e. The Morgan fingerprint density at radius 1 is 1.21 bits per heavy atom. The zero-order chi connectivity index (χ0) is 13.7. The second-order valence-corrected chi connectivity index (χ2v) is 4.33. The molecule has 1 aromatic heterocycles. The van der Waals surface area contributed by atoms with Gasteiger partial charge in [0, 0.05) is 19.6 Å². The van der Waals surface area contributed by atoms with E-state index in [1.807, 2.05) is 6.92 Å². The first-order valence-electron chi connectivity index (χ1n) is 6.46. The van der Waals surface area contributed by atoms with E-state index in [1.54, 1.807) is 0 Å². The Labute approximate surface area is 111 Å². The molecule has 1 fully saturated rings. The highest BCUT2D eigenvalue weighted by Crippen LogP contribution is 2.18. The Hall–Kier alpha value is -2.12. The summed E-state index contributed by atoms with van der Waals surface area (Å²) in [5.41, 5.74) is 5.10. The topological polar surface area (TPSA) is 109 Å². The Kier molecular flexibility index (Phi) is 4.32. The fraction of sp³-hybridized carbons (Fsp3) is 0.636. The van der Waals surface area contributed by atoms with E-state index in [4.69, 9.17) is 5.73 Å². The van der Waals surface area contributed by atoms with Gasteiger partial charge in [-0.3, -0.25) is 4.79 Å². The maximum Gasteiger partial charge on any atom is 0.236 e. The van der Waals surface area contributed by atoms with Gasteiger partial charge in [0.25, 0.3) is 0 Å². The number of hydrogen-bond acceptors (Lipinski definition) is 7. The van der Waals surface area contributed by atoms with E-state index in [1.165, 1.54) is 0 Å². The molecule has 0 saturated carbocycles. The molecule has 0 unspecified atom stereocenters. The molecule has 4 N–H and O–H groups in total. The first-order chi connectivity index (χ1) is 9.19. The highest BCUT2D eigenvalue weighted by molar-refractivity contribution is 5.78. The molecule has 1 amide bonds. The van der Waals surface area contributed by atoms with Crippen LogP contribution >= 0.6 is 0 Å². The van der Waals surface area contributed by atoms with Crippen LogP contribution in [0.4, 0.5) is 17.8 Å². The van der Waals surface area contributed by atoms with Gasteiger partial charge in [-0.15, -0.1) is 0 Å². The number of carbonyl (C=O) groups is 1. The fourth-order valence-electron chi connectivity index (χ4n) is 1.91. The van der Waals surface area contributed by atoms with Crippen molar-refractivity contribution in [2.24, 2.45) is 5.73 Å². The van der Waals surface area contributed by atoms with Gasteiger partial charge in [0.1, 0.15) is 0 Å². The normalized spacial score (nSPS) is 14.5. The van der Waals surface area contributed by atoms with E-state index in [0.29, 0.717) is 17.8 Å². The monoisotopic (exact) mass is 265 g/mol. The minimum absolute atomic E-state index is 0.00895. The number of aromatic nitrogens is 3. The van der Waals surface area contributed by atoms with Crippen LogP contribution in [0.3, 0.4) is 0 Å². The molecule has 0 aromatic carbocycles. The smallest absolute Gasteiger partial charge is 0.236 e. The van der Waals surface area contributed by atoms with E-state index >= 15 is 0 Å². The van der Waals surface area contributed by atoms with Crippen LogP contribution < -0.4 is 21.3 Å². The lowest BCUT2D eigenvalue weighted by atomic mass is 10.4. The van der Waals surface area contributed by atoms with E-state index in [9.17, 15) is 4.79 Å². The second-order valence-electron chi connectivity index (χ2n) is 4.33. The quantitative estimate of drug-likeness (QED) is 0.653. The summed E-state index contributed by atoms with van der Waals surface area (Å²) in [6.07, 6.45) is 2.29. The van der Waals surface area contributed by atoms with Crippen LogP contribution in [-0.4, -0.2) is 47.0 Å². The number of carbonyl (C=O) groups excluding carboxylic acids is 1. The van der Waals surface area contributed by atoms with Crippen LogP contribution in [0.5, 0.6) is 0 Å². The van der Waals surface area contributed by atoms with Crippen LogP contribution in [0.2, 0.25) is 0 Å². The molecule has 19 heavy (non-hydrogen) atoms. The second kappa shape index (κ2) is 6.17. The fourth-order valence-corrected chi connectivity index (χ4v) is 1.91. The average Bonchev–Trinajstić information content (AvgIpc) is 2.90. The number of rotatable bonds is 6. The lowest BCUT2D eigenvalue weighted by molar-refractivity contribution is -0.116. The summed E-state index contributed by atoms with van der Waals surface area (Å²) >= 11 is 0. The van der Waals surface area contributed by atoms with Crippen molar-refractivity contribution in [3.8, 4) is 0 Å². The molecule has 0 atom stereocenters. The Balaban J connectivity index is 2.18. The van der Waals surface area contributed by atoms with Gasteiger partial charge in [-0.1, -0.05) is 0 Å². The molecule has 8 heteroatoms. The number of anilines is 3. The van der Waals surface area contributed by atoms with Crippen molar-refractivity contribution in [2.75, 3.05) is 41.7 Å². The minimum atomic E-state index is -0.451. The van der Waals surface area contributed by atoms with Gasteiger partial charge in [-0.25, -0.2) is 0 Å². The molecule has 2 rings (SSSR count). The van der Waals surface area contributed by atoms with Gasteiger partial charge < -0.3 is 21.3 Å². The Morgan fingerprint density at radius 3 is 2.42 bits per heavy atom. The van der Waals surface area contributed by atoms with E-state index < -0.39 is 5.91 Å². The molecule has 1 saturated heterocycles. The van der Waals surface area contributed by atoms with Gasteiger partial charge in [0.15, 0.2) is 0 Å². The van der Waals surface area contributed by atoms with Crippen molar-refractivity contribution in [1.29, 1.82) is 0 Å². The number of amides is 1. The lowest BCUT2D eigenvalue weighted by Gasteiger charge is -2.16. The van der Waals surface area contributed by atoms with Crippen LogP contribution in [-0.2, 0) is 4.79 Å². The zero-order valence-electron chi connectivity index (χ0n) is 11.0. The molecule has 0 radical (unpaired) electrons. The number of primary amides is 1. The maximum atomic E-state index is 10.8.